The van der Waals surface area contributed by atoms with Gasteiger partial charge in [-0.2, -0.15) is 0 Å². The maximum absolute atomic E-state index is 5.48. The van der Waals surface area contributed by atoms with Gasteiger partial charge < -0.3 is 10.3 Å². The van der Waals surface area contributed by atoms with Crippen LogP contribution in [0.25, 0.3) is 0 Å². The van der Waals surface area contributed by atoms with E-state index >= 15 is 0 Å². The maximum atomic E-state index is 5.48. The van der Waals surface area contributed by atoms with E-state index in [0.717, 1.165) is 22.5 Å². The summed E-state index contributed by atoms with van der Waals surface area (Å²) in [5, 5.41) is 0. The van der Waals surface area contributed by atoms with Crippen LogP contribution >= 0.6 is 15.9 Å². The van der Waals surface area contributed by atoms with Gasteiger partial charge in [-0.1, -0.05) is 6.92 Å². The molecule has 0 fully saturated rings. The number of nitrogens with two attached hydrogens (primary N) is 1. The van der Waals surface area contributed by atoms with Crippen molar-refractivity contribution in [2.75, 3.05) is 0 Å². The van der Waals surface area contributed by atoms with Crippen molar-refractivity contribution in [2.24, 2.45) is 12.8 Å². The zero-order valence-electron chi connectivity index (χ0n) is 6.76. The van der Waals surface area contributed by atoms with Crippen LogP contribution in [0.4, 0.5) is 0 Å². The minimum atomic E-state index is 0.495. The molecule has 0 bridgehead atoms. The van der Waals surface area contributed by atoms with Crippen LogP contribution in [-0.2, 0) is 20.0 Å². The van der Waals surface area contributed by atoms with Gasteiger partial charge >= 0.3 is 0 Å². The van der Waals surface area contributed by atoms with E-state index in [4.69, 9.17) is 5.73 Å². The highest BCUT2D eigenvalue weighted by Crippen LogP contribution is 2.17. The van der Waals surface area contributed by atoms with Crippen LogP contribution in [0.15, 0.2) is 4.60 Å². The molecule has 0 aromatic carbocycles. The predicted octanol–water partition coefficient (Wildman–Crippen LogP) is 1.20. The van der Waals surface area contributed by atoms with E-state index in [1.807, 2.05) is 11.6 Å². The highest BCUT2D eigenvalue weighted by atomic mass is 79.9. The Bertz CT molecular complexity index is 230. The minimum Gasteiger partial charge on any atom is -0.325 e. The lowest BCUT2D eigenvalue weighted by Crippen LogP contribution is -2.04. The summed E-state index contributed by atoms with van der Waals surface area (Å²) in [5.74, 6) is 0.925. The van der Waals surface area contributed by atoms with E-state index in [1.54, 1.807) is 0 Å². The van der Waals surface area contributed by atoms with Gasteiger partial charge in [-0.3, -0.25) is 0 Å². The summed E-state index contributed by atoms with van der Waals surface area (Å²) < 4.78 is 3.01. The molecule has 62 valence electrons. The third-order valence-corrected chi connectivity index (χ3v) is 2.69. The molecule has 1 aromatic heterocycles. The van der Waals surface area contributed by atoms with Crippen LogP contribution in [0.1, 0.15) is 18.4 Å². The molecule has 0 saturated carbocycles. The third-order valence-electron chi connectivity index (χ3n) is 1.70. The van der Waals surface area contributed by atoms with Crippen LogP contribution in [0.2, 0.25) is 0 Å². The van der Waals surface area contributed by atoms with E-state index in [1.165, 1.54) is 0 Å². The number of imidazole rings is 1. The summed E-state index contributed by atoms with van der Waals surface area (Å²) in [7, 11) is 1.96. The Morgan fingerprint density at radius 1 is 1.64 bits per heavy atom. The molecule has 4 heteroatoms. The highest BCUT2D eigenvalue weighted by molar-refractivity contribution is 9.10. The van der Waals surface area contributed by atoms with E-state index in [0.29, 0.717) is 6.54 Å². The molecule has 0 atom stereocenters. The zero-order chi connectivity index (χ0) is 8.43. The number of hydrogen-bond donors (Lipinski definition) is 1. The van der Waals surface area contributed by atoms with Gasteiger partial charge in [0.25, 0.3) is 0 Å². The lowest BCUT2D eigenvalue weighted by molar-refractivity contribution is 0.781. The molecule has 0 unspecified atom stereocenters. The second kappa shape index (κ2) is 3.36. The molecule has 0 spiro atoms. The Labute approximate surface area is 74.7 Å². The number of aromatic nitrogens is 2. The van der Waals surface area contributed by atoms with E-state index in [-0.39, 0.29) is 0 Å². The Hall–Kier alpha value is -0.350. The summed E-state index contributed by atoms with van der Waals surface area (Å²) in [6, 6.07) is 0. The molecule has 0 saturated heterocycles. The molecular formula is C7H12BrN3. The first-order chi connectivity index (χ1) is 5.20. The average molecular weight is 218 g/mol. The van der Waals surface area contributed by atoms with Crippen LogP contribution < -0.4 is 5.73 Å². The second-order valence-corrected chi connectivity index (χ2v) is 3.13. The van der Waals surface area contributed by atoms with Gasteiger partial charge in [0.05, 0.1) is 12.2 Å². The van der Waals surface area contributed by atoms with Crippen LogP contribution in [0.3, 0.4) is 0 Å². The average Bonchev–Trinajstić information content (AvgIpc) is 2.30. The third kappa shape index (κ3) is 1.46. The Kier molecular flexibility index (Phi) is 2.67. The molecule has 0 amide bonds. The van der Waals surface area contributed by atoms with Crippen molar-refractivity contribution in [2.45, 2.75) is 19.9 Å². The van der Waals surface area contributed by atoms with Gasteiger partial charge in [0, 0.05) is 7.05 Å². The monoisotopic (exact) mass is 217 g/mol. The van der Waals surface area contributed by atoms with Crippen LogP contribution in [0, 0.1) is 0 Å². The normalized spacial score (nSPS) is 10.5. The predicted molar refractivity (Wildman–Crippen MR) is 48.2 cm³/mol. The summed E-state index contributed by atoms with van der Waals surface area (Å²) >= 11 is 3.45. The molecule has 2 N–H and O–H groups in total. The summed E-state index contributed by atoms with van der Waals surface area (Å²) in [6.45, 7) is 2.57. The van der Waals surface area contributed by atoms with Crippen molar-refractivity contribution in [3.8, 4) is 0 Å². The Morgan fingerprint density at radius 3 is 2.55 bits per heavy atom. The summed E-state index contributed by atoms with van der Waals surface area (Å²) in [5.41, 5.74) is 6.56. The lowest BCUT2D eigenvalue weighted by atomic mass is 10.4. The molecule has 0 aliphatic carbocycles. The fourth-order valence-corrected chi connectivity index (χ4v) is 1.57. The second-order valence-electron chi connectivity index (χ2n) is 2.38. The van der Waals surface area contributed by atoms with Crippen molar-refractivity contribution in [1.82, 2.24) is 9.55 Å². The standard InChI is InChI=1S/C7H12BrN3/c1-3-5-7(8)11(2)6(4-9)10-5/h3-4,9H2,1-2H3. The van der Waals surface area contributed by atoms with Gasteiger partial charge in [0.2, 0.25) is 0 Å². The largest absolute Gasteiger partial charge is 0.325 e. The van der Waals surface area contributed by atoms with Gasteiger partial charge in [0.1, 0.15) is 10.4 Å². The van der Waals surface area contributed by atoms with E-state index in [2.05, 4.69) is 27.8 Å². The zero-order valence-corrected chi connectivity index (χ0v) is 8.35. The quantitative estimate of drug-likeness (QED) is 0.810. The van der Waals surface area contributed by atoms with Crippen molar-refractivity contribution in [3.63, 3.8) is 0 Å². The maximum Gasteiger partial charge on any atom is 0.123 e. The molecular weight excluding hydrogens is 206 g/mol. The molecule has 3 nitrogen and oxygen atoms in total. The Balaban J connectivity index is 3.12. The van der Waals surface area contributed by atoms with Gasteiger partial charge in [-0.05, 0) is 22.4 Å². The molecule has 0 radical (unpaired) electrons. The smallest absolute Gasteiger partial charge is 0.123 e. The first-order valence-electron chi connectivity index (χ1n) is 3.60. The molecule has 1 rings (SSSR count). The molecule has 0 aliphatic heterocycles. The molecule has 0 aliphatic rings. The summed E-state index contributed by atoms with van der Waals surface area (Å²) in [4.78, 5) is 4.34. The van der Waals surface area contributed by atoms with Crippen molar-refractivity contribution in [3.05, 3.63) is 16.1 Å². The van der Waals surface area contributed by atoms with E-state index < -0.39 is 0 Å². The fourth-order valence-electron chi connectivity index (χ4n) is 0.991. The van der Waals surface area contributed by atoms with Crippen LogP contribution in [-0.4, -0.2) is 9.55 Å². The van der Waals surface area contributed by atoms with Crippen molar-refractivity contribution >= 4 is 15.9 Å². The van der Waals surface area contributed by atoms with Crippen molar-refractivity contribution in [1.29, 1.82) is 0 Å². The molecule has 1 heterocycles. The van der Waals surface area contributed by atoms with Crippen molar-refractivity contribution < 1.29 is 0 Å². The Morgan fingerprint density at radius 2 is 2.27 bits per heavy atom. The summed E-state index contributed by atoms with van der Waals surface area (Å²) in [6.07, 6.45) is 0.939. The van der Waals surface area contributed by atoms with E-state index in [9.17, 15) is 0 Å². The topological polar surface area (TPSA) is 43.8 Å². The first kappa shape index (κ1) is 8.74. The van der Waals surface area contributed by atoms with Crippen LogP contribution in [0.5, 0.6) is 0 Å². The minimum absolute atomic E-state index is 0.495. The number of halogens is 1. The number of aryl methyl sites for hydroxylation is 1. The molecule has 1 aromatic rings. The van der Waals surface area contributed by atoms with Gasteiger partial charge in [-0.25, -0.2) is 4.98 Å². The SMILES string of the molecule is CCc1nc(CN)n(C)c1Br. The first-order valence-corrected chi connectivity index (χ1v) is 4.40. The fraction of sp³-hybridized carbons (Fsp3) is 0.571. The number of hydrogen-bond acceptors (Lipinski definition) is 2. The number of rotatable bonds is 2. The molecule has 11 heavy (non-hydrogen) atoms. The highest BCUT2D eigenvalue weighted by Gasteiger charge is 2.08. The lowest BCUT2D eigenvalue weighted by Gasteiger charge is -1.96. The number of nitrogens with zero attached hydrogens (tertiary/aromatic N) is 2. The van der Waals surface area contributed by atoms with Gasteiger partial charge in [-0.15, -0.1) is 0 Å². The van der Waals surface area contributed by atoms with Gasteiger partial charge in [0.15, 0.2) is 0 Å².